The van der Waals surface area contributed by atoms with Crippen LogP contribution in [-0.4, -0.2) is 25.3 Å². The van der Waals surface area contributed by atoms with E-state index in [4.69, 9.17) is 4.74 Å². The fourth-order valence-electron chi connectivity index (χ4n) is 1.81. The highest BCUT2D eigenvalue weighted by Gasteiger charge is 2.22. The third-order valence-corrected chi connectivity index (χ3v) is 3.23. The Morgan fingerprint density at radius 2 is 2.19 bits per heavy atom. The van der Waals surface area contributed by atoms with Gasteiger partial charge in [-0.25, -0.2) is 0 Å². The van der Waals surface area contributed by atoms with E-state index >= 15 is 0 Å². The van der Waals surface area contributed by atoms with Crippen molar-refractivity contribution in [1.82, 2.24) is 5.32 Å². The first-order valence-corrected chi connectivity index (χ1v) is 6.23. The highest BCUT2D eigenvalue weighted by atomic mass is 16.5. The molecule has 0 spiro atoms. The SMILES string of the molecule is CCC(OCC(C)(C)NC)C1C=CC=CC1. The number of allylic oxidation sites excluding steroid dienone is 3. The van der Waals surface area contributed by atoms with Crippen LogP contribution in [0.25, 0.3) is 0 Å². The van der Waals surface area contributed by atoms with Crippen LogP contribution in [0.4, 0.5) is 0 Å². The van der Waals surface area contributed by atoms with E-state index in [1.807, 2.05) is 7.05 Å². The molecule has 92 valence electrons. The zero-order valence-corrected chi connectivity index (χ0v) is 11.0. The monoisotopic (exact) mass is 223 g/mol. The highest BCUT2D eigenvalue weighted by molar-refractivity contribution is 5.12. The van der Waals surface area contributed by atoms with Gasteiger partial charge in [0.2, 0.25) is 0 Å². The van der Waals surface area contributed by atoms with Crippen molar-refractivity contribution in [3.63, 3.8) is 0 Å². The Morgan fingerprint density at radius 3 is 2.69 bits per heavy atom. The molecule has 2 nitrogen and oxygen atoms in total. The summed E-state index contributed by atoms with van der Waals surface area (Å²) < 4.78 is 6.04. The molecule has 1 aliphatic rings. The minimum Gasteiger partial charge on any atom is -0.376 e. The third-order valence-electron chi connectivity index (χ3n) is 3.23. The van der Waals surface area contributed by atoms with E-state index in [0.29, 0.717) is 12.0 Å². The summed E-state index contributed by atoms with van der Waals surface area (Å²) in [5, 5.41) is 3.27. The van der Waals surface area contributed by atoms with Gasteiger partial charge in [-0.1, -0.05) is 31.2 Å². The molecule has 0 aliphatic heterocycles. The van der Waals surface area contributed by atoms with Crippen molar-refractivity contribution in [1.29, 1.82) is 0 Å². The standard InChI is InChI=1S/C14H25NO/c1-5-13(12-9-7-6-8-10-12)16-11-14(2,3)15-4/h6-9,12-13,15H,5,10-11H2,1-4H3. The molecule has 0 saturated heterocycles. The number of rotatable bonds is 6. The molecule has 0 aromatic heterocycles. The second-order valence-electron chi connectivity index (χ2n) is 5.10. The molecule has 0 radical (unpaired) electrons. The van der Waals surface area contributed by atoms with Crippen molar-refractivity contribution in [2.45, 2.75) is 45.3 Å². The smallest absolute Gasteiger partial charge is 0.0646 e. The summed E-state index contributed by atoms with van der Waals surface area (Å²) >= 11 is 0. The van der Waals surface area contributed by atoms with Crippen LogP contribution in [0.1, 0.15) is 33.6 Å². The Balaban J connectivity index is 2.43. The minimum absolute atomic E-state index is 0.0572. The van der Waals surface area contributed by atoms with Crippen LogP contribution in [0.5, 0.6) is 0 Å². The molecule has 0 saturated carbocycles. The lowest BCUT2D eigenvalue weighted by Crippen LogP contribution is -2.42. The minimum atomic E-state index is 0.0572. The van der Waals surface area contributed by atoms with Gasteiger partial charge in [0.25, 0.3) is 0 Å². The molecule has 1 N–H and O–H groups in total. The van der Waals surface area contributed by atoms with E-state index in [9.17, 15) is 0 Å². The van der Waals surface area contributed by atoms with E-state index in [2.05, 4.69) is 50.4 Å². The summed E-state index contributed by atoms with van der Waals surface area (Å²) in [5.74, 6) is 0.544. The van der Waals surface area contributed by atoms with Gasteiger partial charge in [0.15, 0.2) is 0 Å². The Kier molecular flexibility index (Phi) is 5.23. The van der Waals surface area contributed by atoms with Gasteiger partial charge in [0.1, 0.15) is 0 Å². The van der Waals surface area contributed by atoms with Crippen LogP contribution in [0.2, 0.25) is 0 Å². The van der Waals surface area contributed by atoms with Crippen LogP contribution >= 0.6 is 0 Å². The number of nitrogens with one attached hydrogen (secondary N) is 1. The Labute approximate surface area is 99.8 Å². The zero-order valence-electron chi connectivity index (χ0n) is 11.0. The molecule has 0 amide bonds. The molecule has 2 unspecified atom stereocenters. The van der Waals surface area contributed by atoms with E-state index in [1.165, 1.54) is 0 Å². The van der Waals surface area contributed by atoms with E-state index < -0.39 is 0 Å². The topological polar surface area (TPSA) is 21.3 Å². The van der Waals surface area contributed by atoms with Crippen molar-refractivity contribution in [3.05, 3.63) is 24.3 Å². The lowest BCUT2D eigenvalue weighted by atomic mass is 9.93. The second-order valence-corrected chi connectivity index (χ2v) is 5.10. The van der Waals surface area contributed by atoms with Crippen molar-refractivity contribution in [3.8, 4) is 0 Å². The first-order chi connectivity index (χ1) is 7.59. The number of hydrogen-bond donors (Lipinski definition) is 1. The normalized spacial score (nSPS) is 22.4. The largest absolute Gasteiger partial charge is 0.376 e. The lowest BCUT2D eigenvalue weighted by molar-refractivity contribution is -0.00419. The first kappa shape index (κ1) is 13.5. The van der Waals surface area contributed by atoms with Crippen LogP contribution in [-0.2, 0) is 4.74 Å². The van der Waals surface area contributed by atoms with Crippen LogP contribution in [0.3, 0.4) is 0 Å². The number of hydrogen-bond acceptors (Lipinski definition) is 2. The van der Waals surface area contributed by atoms with Crippen molar-refractivity contribution >= 4 is 0 Å². The highest BCUT2D eigenvalue weighted by Crippen LogP contribution is 2.21. The van der Waals surface area contributed by atoms with Gasteiger partial charge in [0, 0.05) is 11.5 Å². The Morgan fingerprint density at radius 1 is 1.44 bits per heavy atom. The van der Waals surface area contributed by atoms with Crippen molar-refractivity contribution in [2.24, 2.45) is 5.92 Å². The van der Waals surface area contributed by atoms with Crippen molar-refractivity contribution in [2.75, 3.05) is 13.7 Å². The molecule has 1 aliphatic carbocycles. The predicted molar refractivity (Wildman–Crippen MR) is 69.6 cm³/mol. The molecular formula is C14H25NO. The third kappa shape index (κ3) is 4.11. The van der Waals surface area contributed by atoms with Crippen LogP contribution in [0, 0.1) is 5.92 Å². The molecule has 1 rings (SSSR count). The summed E-state index contributed by atoms with van der Waals surface area (Å²) in [4.78, 5) is 0. The average Bonchev–Trinajstić information content (AvgIpc) is 2.31. The zero-order chi connectivity index (χ0) is 12.0. The van der Waals surface area contributed by atoms with E-state index in [0.717, 1.165) is 19.4 Å². The average molecular weight is 223 g/mol. The molecule has 0 fully saturated rings. The van der Waals surface area contributed by atoms with Gasteiger partial charge in [0.05, 0.1) is 12.7 Å². The molecule has 2 atom stereocenters. The summed E-state index contributed by atoms with van der Waals surface area (Å²) in [6.07, 6.45) is 11.2. The van der Waals surface area contributed by atoms with Gasteiger partial charge in [-0.05, 0) is 33.7 Å². The molecule has 0 bridgehead atoms. The van der Waals surface area contributed by atoms with Gasteiger partial charge in [-0.15, -0.1) is 0 Å². The van der Waals surface area contributed by atoms with Crippen molar-refractivity contribution < 1.29 is 4.74 Å². The Bertz CT molecular complexity index is 255. The van der Waals surface area contributed by atoms with E-state index in [-0.39, 0.29) is 5.54 Å². The summed E-state index contributed by atoms with van der Waals surface area (Å²) in [6.45, 7) is 7.28. The maximum atomic E-state index is 6.04. The second kappa shape index (κ2) is 6.21. The molecule has 0 aromatic carbocycles. The quantitative estimate of drug-likeness (QED) is 0.747. The Hall–Kier alpha value is -0.600. The van der Waals surface area contributed by atoms with Gasteiger partial charge in [-0.2, -0.15) is 0 Å². The summed E-state index contributed by atoms with van der Waals surface area (Å²) in [6, 6.07) is 0. The fraction of sp³-hybridized carbons (Fsp3) is 0.714. The summed E-state index contributed by atoms with van der Waals surface area (Å²) in [7, 11) is 1.98. The van der Waals surface area contributed by atoms with E-state index in [1.54, 1.807) is 0 Å². The molecule has 16 heavy (non-hydrogen) atoms. The lowest BCUT2D eigenvalue weighted by Gasteiger charge is -2.30. The molecule has 0 aromatic rings. The maximum absolute atomic E-state index is 6.04. The first-order valence-electron chi connectivity index (χ1n) is 6.23. The van der Waals surface area contributed by atoms with Crippen LogP contribution in [0.15, 0.2) is 24.3 Å². The fourth-order valence-corrected chi connectivity index (χ4v) is 1.81. The predicted octanol–water partition coefficient (Wildman–Crippen LogP) is 2.91. The molecule has 2 heteroatoms. The van der Waals surface area contributed by atoms with Gasteiger partial charge >= 0.3 is 0 Å². The number of ether oxygens (including phenoxy) is 1. The summed E-state index contributed by atoms with van der Waals surface area (Å²) in [5.41, 5.74) is 0.0572. The van der Waals surface area contributed by atoms with Crippen LogP contribution < -0.4 is 5.32 Å². The number of likely N-dealkylation sites (N-methyl/N-ethyl adjacent to an activating group) is 1. The maximum Gasteiger partial charge on any atom is 0.0646 e. The molecule has 0 heterocycles. The van der Waals surface area contributed by atoms with Gasteiger partial charge in [-0.3, -0.25) is 0 Å². The molecular weight excluding hydrogens is 198 g/mol. The van der Waals surface area contributed by atoms with Gasteiger partial charge < -0.3 is 10.1 Å².